The van der Waals surface area contributed by atoms with Crippen LogP contribution in [0.3, 0.4) is 0 Å². The zero-order valence-electron chi connectivity index (χ0n) is 14.6. The predicted octanol–water partition coefficient (Wildman–Crippen LogP) is 3.67. The molecule has 0 saturated heterocycles. The maximum atomic E-state index is 12.0. The first kappa shape index (κ1) is 17.4. The molecule has 0 aromatic heterocycles. The molecule has 0 saturated carbocycles. The quantitative estimate of drug-likeness (QED) is 0.560. The minimum Gasteiger partial charge on any atom is -0.370 e. The van der Waals surface area contributed by atoms with E-state index in [-0.39, 0.29) is 18.3 Å². The third-order valence-corrected chi connectivity index (χ3v) is 4.24. The van der Waals surface area contributed by atoms with Crippen LogP contribution < -0.4 is 11.5 Å². The Morgan fingerprint density at radius 2 is 1.54 bits per heavy atom. The molecule has 3 rings (SSSR count). The van der Waals surface area contributed by atoms with Gasteiger partial charge in [0.25, 0.3) is 5.91 Å². The molecule has 0 spiro atoms. The second-order valence-corrected chi connectivity index (χ2v) is 6.16. The van der Waals surface area contributed by atoms with Crippen molar-refractivity contribution in [3.63, 3.8) is 0 Å². The van der Waals surface area contributed by atoms with Crippen LogP contribution in [0.5, 0.6) is 0 Å². The Bertz CT molecular complexity index is 958. The van der Waals surface area contributed by atoms with Crippen molar-refractivity contribution < 1.29 is 4.79 Å². The van der Waals surface area contributed by atoms with Crippen LogP contribution in [0.2, 0.25) is 0 Å². The molecule has 0 aliphatic rings. The Balaban J connectivity index is 1.97. The summed E-state index contributed by atoms with van der Waals surface area (Å²) in [5.41, 5.74) is 17.1. The molecule has 130 valence electrons. The van der Waals surface area contributed by atoms with Gasteiger partial charge < -0.3 is 11.5 Å². The van der Waals surface area contributed by atoms with Crippen molar-refractivity contribution in [2.75, 3.05) is 0 Å². The van der Waals surface area contributed by atoms with Gasteiger partial charge in [-0.3, -0.25) is 4.79 Å². The molecule has 0 unspecified atom stereocenters. The highest BCUT2D eigenvalue weighted by atomic mass is 16.1. The lowest BCUT2D eigenvalue weighted by atomic mass is 9.92. The summed E-state index contributed by atoms with van der Waals surface area (Å²) in [7, 11) is 0. The third kappa shape index (κ3) is 3.98. The Morgan fingerprint density at radius 3 is 2.23 bits per heavy atom. The smallest absolute Gasteiger partial charge is 0.253 e. The van der Waals surface area contributed by atoms with Crippen LogP contribution in [0.4, 0.5) is 0 Å². The third-order valence-electron chi connectivity index (χ3n) is 4.24. The number of hydrogen-bond acceptors (Lipinski definition) is 1. The summed E-state index contributed by atoms with van der Waals surface area (Å²) in [6, 6.07) is 24.5. The van der Waals surface area contributed by atoms with Crippen LogP contribution in [-0.2, 0) is 11.2 Å². The number of aliphatic imine (C=N–C) groups is 1. The van der Waals surface area contributed by atoms with Crippen LogP contribution in [0.1, 0.15) is 11.1 Å². The highest BCUT2D eigenvalue weighted by Crippen LogP contribution is 2.31. The lowest BCUT2D eigenvalue weighted by Gasteiger charge is -2.13. The molecule has 0 heterocycles. The van der Waals surface area contributed by atoms with Crippen molar-refractivity contribution in [1.29, 1.82) is 0 Å². The summed E-state index contributed by atoms with van der Waals surface area (Å²) < 4.78 is 0. The van der Waals surface area contributed by atoms with E-state index in [1.54, 1.807) is 0 Å². The molecule has 0 bridgehead atoms. The van der Waals surface area contributed by atoms with Gasteiger partial charge in [-0.1, -0.05) is 72.8 Å². The highest BCUT2D eigenvalue weighted by molar-refractivity contribution is 5.93. The number of hydrogen-bond donors (Lipinski definition) is 2. The molecule has 4 heteroatoms. The van der Waals surface area contributed by atoms with Crippen molar-refractivity contribution in [3.8, 4) is 22.3 Å². The Kier molecular flexibility index (Phi) is 5.13. The van der Waals surface area contributed by atoms with Gasteiger partial charge in [-0.05, 0) is 40.3 Å². The molecule has 1 amide bonds. The number of carbonyl (C=O) groups excluding carboxylic acids is 1. The Hall–Kier alpha value is -3.40. The molecule has 0 aliphatic heterocycles. The maximum Gasteiger partial charge on any atom is 0.253 e. The van der Waals surface area contributed by atoms with Crippen molar-refractivity contribution in [1.82, 2.24) is 0 Å². The van der Waals surface area contributed by atoms with Crippen molar-refractivity contribution in [2.24, 2.45) is 16.5 Å². The fourth-order valence-electron chi connectivity index (χ4n) is 3.06. The predicted molar refractivity (Wildman–Crippen MR) is 107 cm³/mol. The van der Waals surface area contributed by atoms with Crippen molar-refractivity contribution in [2.45, 2.75) is 13.3 Å². The topological polar surface area (TPSA) is 81.5 Å². The molecule has 3 aromatic carbocycles. The normalized spacial score (nSPS) is 10.3. The van der Waals surface area contributed by atoms with Gasteiger partial charge in [0.2, 0.25) is 0 Å². The summed E-state index contributed by atoms with van der Waals surface area (Å²) in [5.74, 6) is -0.563. The summed E-state index contributed by atoms with van der Waals surface area (Å²) >= 11 is 0. The first-order valence-corrected chi connectivity index (χ1v) is 8.41. The SMILES string of the molecule is Cc1cc(-c2ccccc2)ccc1-c1ccccc1CC(=O)N=C(N)N. The van der Waals surface area contributed by atoms with Crippen molar-refractivity contribution >= 4 is 11.9 Å². The summed E-state index contributed by atoms with van der Waals surface area (Å²) in [6.45, 7) is 2.08. The zero-order valence-corrected chi connectivity index (χ0v) is 14.6. The summed E-state index contributed by atoms with van der Waals surface area (Å²) in [4.78, 5) is 15.6. The molecule has 0 atom stereocenters. The van der Waals surface area contributed by atoms with Gasteiger partial charge in [-0.25, -0.2) is 0 Å². The first-order chi connectivity index (χ1) is 12.5. The average Bonchev–Trinajstić information content (AvgIpc) is 2.62. The summed E-state index contributed by atoms with van der Waals surface area (Å²) in [6.07, 6.45) is 0.161. The van der Waals surface area contributed by atoms with Gasteiger partial charge in [0.1, 0.15) is 0 Å². The molecular formula is C22H21N3O. The Morgan fingerprint density at radius 1 is 0.846 bits per heavy atom. The van der Waals surface area contributed by atoms with E-state index in [0.29, 0.717) is 0 Å². The van der Waals surface area contributed by atoms with E-state index in [9.17, 15) is 4.79 Å². The standard InChI is InChI=1S/C22H21N3O/c1-15-13-17(16-7-3-2-4-8-16)11-12-19(15)20-10-6-5-9-18(20)14-21(26)25-22(23)24/h2-13H,14H2,1H3,(H4,23,24,25,26). The van der Waals surface area contributed by atoms with Gasteiger partial charge in [0, 0.05) is 0 Å². The fraction of sp³-hybridized carbons (Fsp3) is 0.0909. The van der Waals surface area contributed by atoms with Crippen LogP contribution >= 0.6 is 0 Å². The number of benzene rings is 3. The molecule has 4 nitrogen and oxygen atoms in total. The van der Waals surface area contributed by atoms with Gasteiger partial charge in [0.05, 0.1) is 6.42 Å². The molecular weight excluding hydrogens is 322 g/mol. The molecule has 3 aromatic rings. The van der Waals surface area contributed by atoms with E-state index in [1.165, 1.54) is 11.1 Å². The number of carbonyl (C=O) groups is 1. The monoisotopic (exact) mass is 343 g/mol. The number of rotatable bonds is 4. The minimum atomic E-state index is -0.351. The second-order valence-electron chi connectivity index (χ2n) is 6.16. The summed E-state index contributed by atoms with van der Waals surface area (Å²) in [5, 5.41) is 0. The molecule has 0 aliphatic carbocycles. The van der Waals surface area contributed by atoms with Gasteiger partial charge >= 0.3 is 0 Å². The van der Waals surface area contributed by atoms with Crippen LogP contribution in [0, 0.1) is 6.92 Å². The lowest BCUT2D eigenvalue weighted by molar-refractivity contribution is -0.117. The van der Waals surface area contributed by atoms with Gasteiger partial charge in [-0.15, -0.1) is 0 Å². The van der Waals surface area contributed by atoms with Gasteiger partial charge in [-0.2, -0.15) is 4.99 Å². The fourth-order valence-corrected chi connectivity index (χ4v) is 3.06. The highest BCUT2D eigenvalue weighted by Gasteiger charge is 2.11. The number of nitrogens with zero attached hydrogens (tertiary/aromatic N) is 1. The molecule has 0 radical (unpaired) electrons. The maximum absolute atomic E-state index is 12.0. The number of nitrogens with two attached hydrogens (primary N) is 2. The minimum absolute atomic E-state index is 0.161. The number of aryl methyl sites for hydroxylation is 1. The van der Waals surface area contributed by atoms with E-state index < -0.39 is 0 Å². The second kappa shape index (κ2) is 7.66. The first-order valence-electron chi connectivity index (χ1n) is 8.41. The van der Waals surface area contributed by atoms with E-state index >= 15 is 0 Å². The van der Waals surface area contributed by atoms with E-state index in [4.69, 9.17) is 11.5 Å². The van der Waals surface area contributed by atoms with E-state index in [1.807, 2.05) is 42.5 Å². The van der Waals surface area contributed by atoms with E-state index in [2.05, 4.69) is 42.2 Å². The van der Waals surface area contributed by atoms with E-state index in [0.717, 1.165) is 22.3 Å². The molecule has 4 N–H and O–H groups in total. The van der Waals surface area contributed by atoms with Crippen LogP contribution in [0.25, 0.3) is 22.3 Å². The van der Waals surface area contributed by atoms with Crippen LogP contribution in [-0.4, -0.2) is 11.9 Å². The lowest BCUT2D eigenvalue weighted by Crippen LogP contribution is -2.24. The molecule has 26 heavy (non-hydrogen) atoms. The number of guanidine groups is 1. The zero-order chi connectivity index (χ0) is 18.5. The Labute approximate surface area is 153 Å². The van der Waals surface area contributed by atoms with Crippen LogP contribution in [0.15, 0.2) is 77.8 Å². The number of amides is 1. The average molecular weight is 343 g/mol. The van der Waals surface area contributed by atoms with Crippen molar-refractivity contribution in [3.05, 3.63) is 83.9 Å². The largest absolute Gasteiger partial charge is 0.370 e. The van der Waals surface area contributed by atoms with Gasteiger partial charge in [0.15, 0.2) is 5.96 Å². The molecule has 0 fully saturated rings.